The molecule has 0 atom stereocenters. The third-order valence-corrected chi connectivity index (χ3v) is 5.25. The van der Waals surface area contributed by atoms with Crippen molar-refractivity contribution < 1.29 is 18.0 Å². The number of rotatable bonds is 6. The number of oxazole rings is 1. The number of aromatic nitrogens is 1. The largest absolute Gasteiger partial charge is 0.441 e. The monoisotopic (exact) mass is 360 g/mol. The summed E-state index contributed by atoms with van der Waals surface area (Å²) in [6, 6.07) is 4.13. The third-order valence-electron chi connectivity index (χ3n) is 5.25. The second-order valence-electron chi connectivity index (χ2n) is 7.21. The summed E-state index contributed by atoms with van der Waals surface area (Å²) in [6.07, 6.45) is 8.98. The fourth-order valence-corrected chi connectivity index (χ4v) is 3.82. The van der Waals surface area contributed by atoms with Gasteiger partial charge in [0, 0.05) is 31.0 Å². The van der Waals surface area contributed by atoms with E-state index in [0.717, 1.165) is 31.7 Å². The van der Waals surface area contributed by atoms with Crippen LogP contribution in [0.5, 0.6) is 0 Å². The third kappa shape index (κ3) is 3.64. The first-order valence-electron chi connectivity index (χ1n) is 9.33. The van der Waals surface area contributed by atoms with E-state index in [9.17, 15) is 13.6 Å². The molecule has 1 aromatic heterocycles. The topological polar surface area (TPSA) is 46.3 Å². The summed E-state index contributed by atoms with van der Waals surface area (Å²) in [5, 5.41) is 0. The van der Waals surface area contributed by atoms with Gasteiger partial charge in [-0.05, 0) is 37.8 Å². The van der Waals surface area contributed by atoms with E-state index in [1.165, 1.54) is 31.2 Å². The molecule has 138 valence electrons. The summed E-state index contributed by atoms with van der Waals surface area (Å²) < 4.78 is 32.4. The van der Waals surface area contributed by atoms with Crippen molar-refractivity contribution in [2.75, 3.05) is 0 Å². The van der Waals surface area contributed by atoms with Crippen molar-refractivity contribution in [1.82, 2.24) is 9.88 Å². The molecule has 26 heavy (non-hydrogen) atoms. The number of hydrogen-bond acceptors (Lipinski definition) is 3. The van der Waals surface area contributed by atoms with Gasteiger partial charge in [-0.2, -0.15) is 0 Å². The molecule has 6 heteroatoms. The smallest absolute Gasteiger partial charge is 0.223 e. The highest BCUT2D eigenvalue weighted by Crippen LogP contribution is 2.35. The van der Waals surface area contributed by atoms with E-state index in [-0.39, 0.29) is 17.2 Å². The molecule has 2 saturated carbocycles. The Morgan fingerprint density at radius 1 is 1.15 bits per heavy atom. The van der Waals surface area contributed by atoms with Crippen LogP contribution in [0.15, 0.2) is 28.8 Å². The van der Waals surface area contributed by atoms with Gasteiger partial charge in [0.15, 0.2) is 11.7 Å². The molecule has 0 radical (unpaired) electrons. The molecule has 2 aromatic rings. The molecule has 1 aromatic carbocycles. The van der Waals surface area contributed by atoms with Crippen LogP contribution in [-0.2, 0) is 11.2 Å². The normalized spacial score (nSPS) is 17.6. The van der Waals surface area contributed by atoms with Crippen LogP contribution in [0.4, 0.5) is 8.78 Å². The first-order chi connectivity index (χ1) is 12.6. The molecule has 0 spiro atoms. The highest BCUT2D eigenvalue weighted by molar-refractivity contribution is 5.77. The van der Waals surface area contributed by atoms with Crippen LogP contribution >= 0.6 is 0 Å². The average Bonchev–Trinajstić information content (AvgIpc) is 3.09. The molecule has 4 nitrogen and oxygen atoms in total. The zero-order valence-corrected chi connectivity index (χ0v) is 14.6. The zero-order chi connectivity index (χ0) is 18.1. The highest BCUT2D eigenvalue weighted by Gasteiger charge is 2.38. The minimum atomic E-state index is -0.690. The van der Waals surface area contributed by atoms with Crippen LogP contribution in [0.2, 0.25) is 0 Å². The van der Waals surface area contributed by atoms with Gasteiger partial charge in [0.05, 0.1) is 11.8 Å². The van der Waals surface area contributed by atoms with E-state index < -0.39 is 11.6 Å². The lowest BCUT2D eigenvalue weighted by atomic mass is 10.1. The lowest BCUT2D eigenvalue weighted by Crippen LogP contribution is -2.40. The van der Waals surface area contributed by atoms with Gasteiger partial charge in [0.25, 0.3) is 0 Å². The van der Waals surface area contributed by atoms with Crippen molar-refractivity contribution in [2.24, 2.45) is 0 Å². The molecule has 0 N–H and O–H groups in total. The number of hydrogen-bond donors (Lipinski definition) is 0. The molecule has 2 fully saturated rings. The maximum atomic E-state index is 13.8. The highest BCUT2D eigenvalue weighted by atomic mass is 19.1. The molecule has 0 saturated heterocycles. The van der Waals surface area contributed by atoms with Gasteiger partial charge in [0.1, 0.15) is 11.6 Å². The zero-order valence-electron chi connectivity index (χ0n) is 14.6. The minimum Gasteiger partial charge on any atom is -0.441 e. The summed E-state index contributed by atoms with van der Waals surface area (Å²) in [7, 11) is 0. The van der Waals surface area contributed by atoms with Crippen LogP contribution in [-0.4, -0.2) is 27.9 Å². The number of carbonyl (C=O) groups excluding carboxylic acids is 1. The average molecular weight is 360 g/mol. The molecular formula is C20H22F2N2O2. The Balaban J connectivity index is 1.40. The minimum absolute atomic E-state index is 0.159. The summed E-state index contributed by atoms with van der Waals surface area (Å²) in [4.78, 5) is 18.9. The second-order valence-corrected chi connectivity index (χ2v) is 7.21. The van der Waals surface area contributed by atoms with Gasteiger partial charge in [-0.1, -0.05) is 12.8 Å². The maximum absolute atomic E-state index is 13.8. The van der Waals surface area contributed by atoms with Crippen molar-refractivity contribution >= 4 is 5.91 Å². The van der Waals surface area contributed by atoms with Crippen molar-refractivity contribution in [2.45, 2.75) is 63.5 Å². The molecule has 2 aliphatic carbocycles. The molecule has 0 unspecified atom stereocenters. The first kappa shape index (κ1) is 17.2. The van der Waals surface area contributed by atoms with Gasteiger partial charge in [-0.25, -0.2) is 13.8 Å². The Morgan fingerprint density at radius 3 is 2.58 bits per heavy atom. The molecular weight excluding hydrogens is 338 g/mol. The molecule has 1 heterocycles. The van der Waals surface area contributed by atoms with Crippen LogP contribution in [0.1, 0.15) is 50.8 Å². The Kier molecular flexibility index (Phi) is 4.74. The van der Waals surface area contributed by atoms with E-state index in [2.05, 4.69) is 9.88 Å². The lowest BCUT2D eigenvalue weighted by molar-refractivity contribution is -0.134. The molecule has 2 aliphatic rings. The van der Waals surface area contributed by atoms with Crippen LogP contribution in [0.3, 0.4) is 0 Å². The molecule has 1 amide bonds. The van der Waals surface area contributed by atoms with Gasteiger partial charge < -0.3 is 9.32 Å². The predicted molar refractivity (Wildman–Crippen MR) is 92.3 cm³/mol. The summed E-state index contributed by atoms with van der Waals surface area (Å²) in [6.45, 7) is 0. The van der Waals surface area contributed by atoms with E-state index in [0.29, 0.717) is 30.8 Å². The molecule has 0 aliphatic heterocycles. The van der Waals surface area contributed by atoms with E-state index in [1.54, 1.807) is 0 Å². The van der Waals surface area contributed by atoms with Crippen molar-refractivity contribution in [3.05, 3.63) is 41.9 Å². The number of benzene rings is 1. The van der Waals surface area contributed by atoms with E-state index in [1.807, 2.05) is 0 Å². The molecule has 4 rings (SSSR count). The number of halogens is 2. The van der Waals surface area contributed by atoms with Crippen LogP contribution < -0.4 is 0 Å². The summed E-state index contributed by atoms with van der Waals surface area (Å²) in [5.74, 6) is -0.514. The van der Waals surface area contributed by atoms with Crippen LogP contribution in [0.25, 0.3) is 11.3 Å². The second kappa shape index (κ2) is 7.17. The SMILES string of the molecule is O=C(CCc1ncc(-c2ccc(F)cc2F)o1)N(C1CCCC1)C1CC1. The number of carbonyl (C=O) groups is 1. The predicted octanol–water partition coefficient (Wildman–Crippen LogP) is 4.49. The van der Waals surface area contributed by atoms with Crippen molar-refractivity contribution in [1.29, 1.82) is 0 Å². The Bertz CT molecular complexity index is 795. The summed E-state index contributed by atoms with van der Waals surface area (Å²) >= 11 is 0. The Labute approximate surface area is 151 Å². The quantitative estimate of drug-likeness (QED) is 0.763. The summed E-state index contributed by atoms with van der Waals surface area (Å²) in [5.41, 5.74) is 0.169. The van der Waals surface area contributed by atoms with Gasteiger partial charge >= 0.3 is 0 Å². The Morgan fingerprint density at radius 2 is 1.88 bits per heavy atom. The van der Waals surface area contributed by atoms with E-state index >= 15 is 0 Å². The van der Waals surface area contributed by atoms with Crippen LogP contribution in [0, 0.1) is 11.6 Å². The number of amides is 1. The number of aryl methyl sites for hydroxylation is 1. The maximum Gasteiger partial charge on any atom is 0.223 e. The lowest BCUT2D eigenvalue weighted by Gasteiger charge is -2.29. The van der Waals surface area contributed by atoms with Crippen molar-refractivity contribution in [3.8, 4) is 11.3 Å². The Hall–Kier alpha value is -2.24. The standard InChI is InChI=1S/C20H22F2N2O2/c21-13-5-8-16(17(22)11-13)18-12-23-19(26-18)9-10-20(25)24(15-6-7-15)14-3-1-2-4-14/h5,8,11-12,14-15H,1-4,6-7,9-10H2. The van der Waals surface area contributed by atoms with Crippen molar-refractivity contribution in [3.63, 3.8) is 0 Å². The number of nitrogens with zero attached hydrogens (tertiary/aromatic N) is 2. The van der Waals surface area contributed by atoms with Gasteiger partial charge in [-0.15, -0.1) is 0 Å². The van der Waals surface area contributed by atoms with Gasteiger partial charge in [-0.3, -0.25) is 4.79 Å². The van der Waals surface area contributed by atoms with E-state index in [4.69, 9.17) is 4.42 Å². The molecule has 0 bridgehead atoms. The fraction of sp³-hybridized carbons (Fsp3) is 0.500. The fourth-order valence-electron chi connectivity index (χ4n) is 3.82. The first-order valence-corrected chi connectivity index (χ1v) is 9.33. The van der Waals surface area contributed by atoms with Gasteiger partial charge in [0.2, 0.25) is 5.91 Å².